The highest BCUT2D eigenvalue weighted by atomic mass is 31.2. The van der Waals surface area contributed by atoms with Crippen LogP contribution in [0.5, 0.6) is 0 Å². The number of hydrogen-bond acceptors (Lipinski definition) is 8. The Labute approximate surface area is 123 Å². The van der Waals surface area contributed by atoms with Gasteiger partial charge in [-0.2, -0.15) is 0 Å². The first-order valence-corrected chi connectivity index (χ1v) is 8.03. The van der Waals surface area contributed by atoms with Gasteiger partial charge in [0.2, 0.25) is 0 Å². The number of carbonyl (C=O) groups is 1. The fraction of sp³-hybridized carbons (Fsp3) is 0.750. The average Bonchev–Trinajstić information content (AvgIpc) is 2.82. The Hall–Kier alpha value is -0.760. The molecule has 1 saturated heterocycles. The van der Waals surface area contributed by atoms with E-state index in [1.54, 1.807) is 13.8 Å². The summed E-state index contributed by atoms with van der Waals surface area (Å²) in [5.74, 6) is -2.50. The van der Waals surface area contributed by atoms with E-state index in [1.165, 1.54) is 6.92 Å². The van der Waals surface area contributed by atoms with Crippen molar-refractivity contribution in [2.75, 3.05) is 33.0 Å². The van der Waals surface area contributed by atoms with E-state index in [-0.39, 0.29) is 32.0 Å². The lowest BCUT2D eigenvalue weighted by molar-refractivity contribution is -0.358. The number of phosphoric ester groups is 1. The molecular formula is C12H21O8P. The van der Waals surface area contributed by atoms with Crippen LogP contribution >= 0.6 is 7.82 Å². The summed E-state index contributed by atoms with van der Waals surface area (Å²) >= 11 is 0. The number of esters is 1. The molecule has 0 spiro atoms. The van der Waals surface area contributed by atoms with Crippen molar-refractivity contribution in [1.82, 2.24) is 0 Å². The second-order valence-corrected chi connectivity index (χ2v) is 5.70. The van der Waals surface area contributed by atoms with Gasteiger partial charge in [-0.25, -0.2) is 13.9 Å². The zero-order valence-corrected chi connectivity index (χ0v) is 13.4. The summed E-state index contributed by atoms with van der Waals surface area (Å²) in [5, 5.41) is 0. The van der Waals surface area contributed by atoms with E-state index in [1.807, 2.05) is 0 Å². The van der Waals surface area contributed by atoms with Gasteiger partial charge in [0, 0.05) is 18.8 Å². The van der Waals surface area contributed by atoms with Gasteiger partial charge >= 0.3 is 19.8 Å². The lowest BCUT2D eigenvalue weighted by Crippen LogP contribution is -2.44. The topological polar surface area (TPSA) is 89.5 Å². The minimum absolute atomic E-state index is 0.136. The number of phosphoric acid groups is 1. The summed E-state index contributed by atoms with van der Waals surface area (Å²) in [5.41, 5.74) is 0.205. The molecule has 0 aromatic rings. The largest absolute Gasteiger partial charge is 0.479 e. The van der Waals surface area contributed by atoms with Gasteiger partial charge < -0.3 is 14.2 Å². The predicted molar refractivity (Wildman–Crippen MR) is 72.4 cm³/mol. The smallest absolute Gasteiger partial charge is 0.454 e. The molecule has 122 valence electrons. The van der Waals surface area contributed by atoms with Gasteiger partial charge in [-0.3, -0.25) is 9.05 Å². The van der Waals surface area contributed by atoms with Crippen molar-refractivity contribution in [3.63, 3.8) is 0 Å². The summed E-state index contributed by atoms with van der Waals surface area (Å²) in [6.07, 6.45) is 0. The number of ether oxygens (including phenoxy) is 3. The van der Waals surface area contributed by atoms with Crippen LogP contribution in [0.4, 0.5) is 0 Å². The monoisotopic (exact) mass is 324 g/mol. The van der Waals surface area contributed by atoms with Gasteiger partial charge in [0.15, 0.2) is 6.61 Å². The van der Waals surface area contributed by atoms with E-state index in [9.17, 15) is 9.36 Å². The second kappa shape index (κ2) is 8.03. The summed E-state index contributed by atoms with van der Waals surface area (Å²) in [7, 11) is -3.80. The summed E-state index contributed by atoms with van der Waals surface area (Å²) < 4.78 is 43.0. The Bertz CT molecular complexity index is 405. The third kappa shape index (κ3) is 5.50. The van der Waals surface area contributed by atoms with Crippen LogP contribution in [0.3, 0.4) is 0 Å². The lowest BCUT2D eigenvalue weighted by Gasteiger charge is -2.32. The Morgan fingerprint density at radius 3 is 2.19 bits per heavy atom. The van der Waals surface area contributed by atoms with Gasteiger partial charge in [0.25, 0.3) is 0 Å². The molecule has 1 fully saturated rings. The van der Waals surface area contributed by atoms with Crippen molar-refractivity contribution in [3.05, 3.63) is 12.2 Å². The summed E-state index contributed by atoms with van der Waals surface area (Å²) in [4.78, 5) is 11.5. The maximum atomic E-state index is 12.2. The molecule has 21 heavy (non-hydrogen) atoms. The van der Waals surface area contributed by atoms with Crippen molar-refractivity contribution < 1.29 is 37.1 Å². The molecule has 9 heteroatoms. The van der Waals surface area contributed by atoms with Crippen LogP contribution in [0.1, 0.15) is 20.8 Å². The molecule has 0 unspecified atom stereocenters. The molecule has 1 rings (SSSR count). The quantitative estimate of drug-likeness (QED) is 0.275. The first kappa shape index (κ1) is 18.3. The molecule has 0 bridgehead atoms. The van der Waals surface area contributed by atoms with E-state index in [2.05, 4.69) is 6.58 Å². The SMILES string of the molecule is C=C(C)C(=O)OCC(OCC)(OCC)OP1(=O)OCCO1. The third-order valence-corrected chi connectivity index (χ3v) is 3.79. The molecular weight excluding hydrogens is 303 g/mol. The summed E-state index contributed by atoms with van der Waals surface area (Å²) in [6.45, 7) is 8.51. The van der Waals surface area contributed by atoms with Crippen LogP contribution in [0, 0.1) is 0 Å². The maximum absolute atomic E-state index is 12.2. The molecule has 8 nitrogen and oxygen atoms in total. The Kier molecular flexibility index (Phi) is 6.99. The van der Waals surface area contributed by atoms with Crippen molar-refractivity contribution in [2.45, 2.75) is 26.7 Å². The van der Waals surface area contributed by atoms with Crippen LogP contribution in [0.15, 0.2) is 12.2 Å². The van der Waals surface area contributed by atoms with E-state index < -0.39 is 26.4 Å². The molecule has 0 aromatic heterocycles. The van der Waals surface area contributed by atoms with Crippen LogP contribution in [0.25, 0.3) is 0 Å². The molecule has 1 aliphatic rings. The normalized spacial score (nSPS) is 17.7. The van der Waals surface area contributed by atoms with Crippen molar-refractivity contribution in [2.24, 2.45) is 0 Å². The zero-order valence-electron chi connectivity index (χ0n) is 12.5. The molecule has 0 atom stereocenters. The Morgan fingerprint density at radius 2 is 1.76 bits per heavy atom. The fourth-order valence-corrected chi connectivity index (χ4v) is 2.75. The molecule has 0 amide bonds. The molecule has 0 aromatic carbocycles. The summed E-state index contributed by atoms with van der Waals surface area (Å²) in [6, 6.07) is 0. The predicted octanol–water partition coefficient (Wildman–Crippen LogP) is 2.00. The van der Waals surface area contributed by atoms with Crippen LogP contribution in [-0.4, -0.2) is 45.0 Å². The third-order valence-electron chi connectivity index (χ3n) is 2.29. The molecule has 1 aliphatic heterocycles. The average molecular weight is 324 g/mol. The highest BCUT2D eigenvalue weighted by molar-refractivity contribution is 7.48. The highest BCUT2D eigenvalue weighted by Gasteiger charge is 2.46. The Balaban J connectivity index is 2.83. The van der Waals surface area contributed by atoms with Crippen molar-refractivity contribution in [1.29, 1.82) is 0 Å². The maximum Gasteiger partial charge on any atom is 0.479 e. The molecule has 1 heterocycles. The number of carbonyl (C=O) groups excluding carboxylic acids is 1. The van der Waals surface area contributed by atoms with Crippen LogP contribution in [-0.2, 0) is 37.1 Å². The number of rotatable bonds is 9. The number of hydrogen-bond donors (Lipinski definition) is 0. The van der Waals surface area contributed by atoms with E-state index >= 15 is 0 Å². The van der Waals surface area contributed by atoms with Crippen molar-refractivity contribution in [3.8, 4) is 0 Å². The van der Waals surface area contributed by atoms with Gasteiger partial charge in [0.1, 0.15) is 0 Å². The fourth-order valence-electron chi connectivity index (χ4n) is 1.48. The minimum Gasteiger partial charge on any atom is -0.454 e. The van der Waals surface area contributed by atoms with Crippen molar-refractivity contribution >= 4 is 13.8 Å². The van der Waals surface area contributed by atoms with Gasteiger partial charge in [0.05, 0.1) is 13.2 Å². The molecule has 0 saturated carbocycles. The van der Waals surface area contributed by atoms with E-state index in [0.29, 0.717) is 0 Å². The van der Waals surface area contributed by atoms with E-state index in [0.717, 1.165) is 0 Å². The Morgan fingerprint density at radius 1 is 1.24 bits per heavy atom. The first-order valence-electron chi connectivity index (χ1n) is 6.57. The van der Waals surface area contributed by atoms with Crippen LogP contribution < -0.4 is 0 Å². The van der Waals surface area contributed by atoms with E-state index in [4.69, 9.17) is 27.8 Å². The second-order valence-electron chi connectivity index (χ2n) is 4.11. The first-order chi connectivity index (χ1) is 9.86. The highest BCUT2D eigenvalue weighted by Crippen LogP contribution is 2.56. The standard InChI is InChI=1S/C12H21O8P/c1-5-16-12(17-6-2,9-15-11(13)10(3)4)20-21(14)18-7-8-19-21/h3,5-9H2,1-2,4H3. The van der Waals surface area contributed by atoms with Gasteiger partial charge in [-0.15, -0.1) is 0 Å². The minimum atomic E-state index is -3.80. The van der Waals surface area contributed by atoms with Gasteiger partial charge in [-0.05, 0) is 20.8 Å². The zero-order chi connectivity index (χ0) is 15.9. The van der Waals surface area contributed by atoms with Crippen LogP contribution in [0.2, 0.25) is 0 Å². The molecule has 0 N–H and O–H groups in total. The lowest BCUT2D eigenvalue weighted by atomic mass is 10.4. The van der Waals surface area contributed by atoms with Gasteiger partial charge in [-0.1, -0.05) is 6.58 Å². The molecule has 0 aliphatic carbocycles. The molecule has 0 radical (unpaired) electrons.